The minimum absolute atomic E-state index is 0.142. The first-order valence-electron chi connectivity index (χ1n) is 12.6. The summed E-state index contributed by atoms with van der Waals surface area (Å²) in [5.41, 5.74) is 4.38. The van der Waals surface area contributed by atoms with Crippen LogP contribution < -0.4 is 5.32 Å². The Balaban J connectivity index is 1.48. The molecule has 0 saturated heterocycles. The summed E-state index contributed by atoms with van der Waals surface area (Å²) < 4.78 is 13.9. The Morgan fingerprint density at radius 2 is 1.86 bits per heavy atom. The third-order valence-corrected chi connectivity index (χ3v) is 6.61. The lowest BCUT2D eigenvalue weighted by atomic mass is 10.0. The largest absolute Gasteiger partial charge is 0.358 e. The SMILES string of the molecule is CCC(=O)CCCCC[C@H](NC(=O)Cc1c(C)[nH]c2ccc(F)cc12)c1ncc(-c2ccccc2)[nH]1. The van der Waals surface area contributed by atoms with E-state index in [1.54, 1.807) is 12.3 Å². The lowest BCUT2D eigenvalue weighted by Crippen LogP contribution is -2.30. The van der Waals surface area contributed by atoms with Crippen molar-refractivity contribution >= 4 is 22.6 Å². The predicted molar refractivity (Wildman–Crippen MR) is 140 cm³/mol. The van der Waals surface area contributed by atoms with E-state index in [1.165, 1.54) is 12.1 Å². The molecule has 0 unspecified atom stereocenters. The first-order chi connectivity index (χ1) is 17.4. The van der Waals surface area contributed by atoms with Crippen LogP contribution in [0.15, 0.2) is 54.7 Å². The Bertz CT molecular complexity index is 1330. The molecule has 0 fully saturated rings. The summed E-state index contributed by atoms with van der Waals surface area (Å²) in [6, 6.07) is 14.2. The minimum Gasteiger partial charge on any atom is -0.358 e. The number of unbranched alkanes of at least 4 members (excludes halogenated alkanes) is 2. The molecule has 188 valence electrons. The second-order valence-electron chi connectivity index (χ2n) is 9.26. The number of rotatable bonds is 12. The van der Waals surface area contributed by atoms with Gasteiger partial charge in [-0.15, -0.1) is 0 Å². The lowest BCUT2D eigenvalue weighted by molar-refractivity contribution is -0.121. The van der Waals surface area contributed by atoms with Gasteiger partial charge in [0, 0.05) is 29.4 Å². The van der Waals surface area contributed by atoms with Gasteiger partial charge < -0.3 is 15.3 Å². The number of aryl methyl sites for hydroxylation is 1. The Hall–Kier alpha value is -3.74. The number of fused-ring (bicyclic) bond motifs is 1. The van der Waals surface area contributed by atoms with Gasteiger partial charge in [-0.1, -0.05) is 50.1 Å². The number of hydrogen-bond acceptors (Lipinski definition) is 3. The molecular weight excluding hydrogens is 455 g/mol. The summed E-state index contributed by atoms with van der Waals surface area (Å²) in [6.45, 7) is 3.78. The van der Waals surface area contributed by atoms with Crippen LogP contribution in [0.1, 0.15) is 68.6 Å². The van der Waals surface area contributed by atoms with Crippen LogP contribution in [0.25, 0.3) is 22.2 Å². The van der Waals surface area contributed by atoms with Crippen molar-refractivity contribution in [1.29, 1.82) is 0 Å². The topological polar surface area (TPSA) is 90.6 Å². The molecule has 1 atom stereocenters. The molecule has 0 saturated carbocycles. The predicted octanol–water partition coefficient (Wildman–Crippen LogP) is 6.34. The molecule has 4 aromatic rings. The maximum atomic E-state index is 13.9. The number of nitrogens with one attached hydrogen (secondary N) is 3. The number of benzene rings is 2. The van der Waals surface area contributed by atoms with E-state index in [2.05, 4.69) is 20.3 Å². The summed E-state index contributed by atoms with van der Waals surface area (Å²) in [5, 5.41) is 3.87. The van der Waals surface area contributed by atoms with Gasteiger partial charge in [0.25, 0.3) is 0 Å². The fourth-order valence-corrected chi connectivity index (χ4v) is 4.57. The van der Waals surface area contributed by atoms with E-state index in [9.17, 15) is 14.0 Å². The number of carbonyl (C=O) groups is 2. The zero-order valence-electron chi connectivity index (χ0n) is 20.9. The summed E-state index contributed by atoms with van der Waals surface area (Å²) in [6.07, 6.45) is 6.43. The minimum atomic E-state index is -0.327. The molecule has 7 heteroatoms. The van der Waals surface area contributed by atoms with Crippen LogP contribution in [0.3, 0.4) is 0 Å². The van der Waals surface area contributed by atoms with E-state index in [4.69, 9.17) is 0 Å². The van der Waals surface area contributed by atoms with E-state index < -0.39 is 0 Å². The monoisotopic (exact) mass is 488 g/mol. The fraction of sp³-hybridized carbons (Fsp3) is 0.345. The second-order valence-corrected chi connectivity index (χ2v) is 9.26. The second kappa shape index (κ2) is 11.8. The van der Waals surface area contributed by atoms with Crippen LogP contribution in [-0.2, 0) is 16.0 Å². The zero-order chi connectivity index (χ0) is 25.5. The highest BCUT2D eigenvalue weighted by Crippen LogP contribution is 2.25. The van der Waals surface area contributed by atoms with Crippen molar-refractivity contribution in [3.05, 3.63) is 77.6 Å². The summed E-state index contributed by atoms with van der Waals surface area (Å²) in [5.74, 6) is 0.510. The number of amides is 1. The molecule has 36 heavy (non-hydrogen) atoms. The Morgan fingerprint density at radius 1 is 1.06 bits per heavy atom. The molecule has 0 aliphatic heterocycles. The smallest absolute Gasteiger partial charge is 0.225 e. The van der Waals surface area contributed by atoms with Crippen LogP contribution in [0.2, 0.25) is 0 Å². The molecule has 3 N–H and O–H groups in total. The average molecular weight is 489 g/mol. The molecule has 0 spiro atoms. The maximum absolute atomic E-state index is 13.9. The number of aromatic amines is 2. The summed E-state index contributed by atoms with van der Waals surface area (Å²) in [4.78, 5) is 36.0. The molecule has 1 amide bonds. The van der Waals surface area contributed by atoms with Crippen molar-refractivity contribution in [2.24, 2.45) is 0 Å². The highest BCUT2D eigenvalue weighted by atomic mass is 19.1. The number of carbonyl (C=O) groups excluding carboxylic acids is 2. The van der Waals surface area contributed by atoms with Crippen LogP contribution in [0.5, 0.6) is 0 Å². The van der Waals surface area contributed by atoms with Gasteiger partial charge in [0.05, 0.1) is 24.4 Å². The first-order valence-corrected chi connectivity index (χ1v) is 12.6. The molecule has 2 heterocycles. The van der Waals surface area contributed by atoms with Crippen molar-refractivity contribution in [2.45, 2.75) is 64.8 Å². The molecular formula is C29H33FN4O2. The van der Waals surface area contributed by atoms with Crippen molar-refractivity contribution in [3.63, 3.8) is 0 Å². The number of halogens is 1. The normalized spacial score (nSPS) is 12.1. The maximum Gasteiger partial charge on any atom is 0.225 e. The number of ketones is 1. The van der Waals surface area contributed by atoms with Gasteiger partial charge in [-0.25, -0.2) is 9.37 Å². The third-order valence-electron chi connectivity index (χ3n) is 6.61. The van der Waals surface area contributed by atoms with Crippen LogP contribution in [0, 0.1) is 12.7 Å². The molecule has 4 rings (SSSR count). The van der Waals surface area contributed by atoms with Crippen LogP contribution in [0.4, 0.5) is 4.39 Å². The van der Waals surface area contributed by atoms with Gasteiger partial charge in [0.2, 0.25) is 5.91 Å². The number of imidazole rings is 1. The summed E-state index contributed by atoms with van der Waals surface area (Å²) >= 11 is 0. The Morgan fingerprint density at radius 3 is 2.64 bits per heavy atom. The van der Waals surface area contributed by atoms with Gasteiger partial charge in [-0.3, -0.25) is 9.59 Å². The standard InChI is InChI=1S/C29H33FN4O2/c1-3-22(35)12-8-5-9-13-26(29-31-18-27(34-29)20-10-6-4-7-11-20)33-28(36)17-23-19(2)32-25-15-14-21(30)16-24(23)25/h4,6-7,10-11,14-16,18,26,32H,3,5,8-9,12-13,17H2,1-2H3,(H,31,34)(H,33,36)/t26-/m0/s1. The number of aromatic nitrogens is 3. The van der Waals surface area contributed by atoms with Crippen LogP contribution >= 0.6 is 0 Å². The first kappa shape index (κ1) is 25.4. The summed E-state index contributed by atoms with van der Waals surface area (Å²) in [7, 11) is 0. The molecule has 0 bridgehead atoms. The number of Topliss-reactive ketones (excluding diaryl/α,β-unsaturated/α-hetero) is 1. The van der Waals surface area contributed by atoms with Crippen LogP contribution in [-0.4, -0.2) is 26.6 Å². The number of nitrogens with zero attached hydrogens (tertiary/aromatic N) is 1. The number of hydrogen-bond donors (Lipinski definition) is 3. The van der Waals surface area contributed by atoms with Crippen molar-refractivity contribution in [3.8, 4) is 11.3 Å². The molecule has 0 aliphatic carbocycles. The van der Waals surface area contributed by atoms with Gasteiger partial charge in [-0.05, 0) is 49.1 Å². The van der Waals surface area contributed by atoms with Gasteiger partial charge in [-0.2, -0.15) is 0 Å². The van der Waals surface area contributed by atoms with E-state index in [1.807, 2.05) is 44.2 Å². The van der Waals surface area contributed by atoms with E-state index in [-0.39, 0.29) is 30.0 Å². The quantitative estimate of drug-likeness (QED) is 0.203. The van der Waals surface area contributed by atoms with E-state index >= 15 is 0 Å². The van der Waals surface area contributed by atoms with Crippen molar-refractivity contribution in [1.82, 2.24) is 20.3 Å². The lowest BCUT2D eigenvalue weighted by Gasteiger charge is -2.17. The molecule has 2 aromatic heterocycles. The molecule has 0 radical (unpaired) electrons. The molecule has 0 aliphatic rings. The van der Waals surface area contributed by atoms with E-state index in [0.29, 0.717) is 25.1 Å². The van der Waals surface area contributed by atoms with Crippen molar-refractivity contribution in [2.75, 3.05) is 0 Å². The highest BCUT2D eigenvalue weighted by Gasteiger charge is 2.20. The molecule has 6 nitrogen and oxygen atoms in total. The highest BCUT2D eigenvalue weighted by molar-refractivity contribution is 5.90. The third kappa shape index (κ3) is 6.27. The average Bonchev–Trinajstić information content (AvgIpc) is 3.49. The van der Waals surface area contributed by atoms with Crippen molar-refractivity contribution < 1.29 is 14.0 Å². The molecule has 2 aromatic carbocycles. The van der Waals surface area contributed by atoms with E-state index in [0.717, 1.165) is 52.7 Å². The van der Waals surface area contributed by atoms with Gasteiger partial charge in [0.1, 0.15) is 17.4 Å². The zero-order valence-corrected chi connectivity index (χ0v) is 20.9. The van der Waals surface area contributed by atoms with Gasteiger partial charge in [0.15, 0.2) is 0 Å². The Kier molecular flexibility index (Phi) is 8.31. The van der Waals surface area contributed by atoms with Gasteiger partial charge >= 0.3 is 0 Å². The number of H-pyrrole nitrogens is 2. The Labute approximate surface area is 210 Å². The fourth-order valence-electron chi connectivity index (χ4n) is 4.57.